The number of ketones is 1. The van der Waals surface area contributed by atoms with Crippen LogP contribution in [0, 0.1) is 5.41 Å². The predicted octanol–water partition coefficient (Wildman–Crippen LogP) is 2.66. The van der Waals surface area contributed by atoms with E-state index in [1.807, 2.05) is 0 Å². The Bertz CT molecular complexity index is 853. The van der Waals surface area contributed by atoms with E-state index in [9.17, 15) is 9.59 Å². The Morgan fingerprint density at radius 2 is 2.08 bits per heavy atom. The van der Waals surface area contributed by atoms with Crippen molar-refractivity contribution in [2.24, 2.45) is 16.3 Å². The van der Waals surface area contributed by atoms with Crippen LogP contribution in [0.25, 0.3) is 0 Å². The quantitative estimate of drug-likeness (QED) is 0.762. The van der Waals surface area contributed by atoms with E-state index in [0.29, 0.717) is 24.1 Å². The van der Waals surface area contributed by atoms with Crippen molar-refractivity contribution < 1.29 is 9.59 Å². The molecule has 0 aromatic heterocycles. The molecule has 0 bridgehead atoms. The summed E-state index contributed by atoms with van der Waals surface area (Å²) in [6, 6.07) is 7.89. The Hall–Kier alpha value is -2.63. The molecular formula is C20H24N4O2. The van der Waals surface area contributed by atoms with Crippen molar-refractivity contribution in [3.8, 4) is 0 Å². The normalized spacial score (nSPS) is 25.5. The van der Waals surface area contributed by atoms with Crippen LogP contribution in [-0.2, 0) is 11.2 Å². The molecule has 26 heavy (non-hydrogen) atoms. The molecule has 3 N–H and O–H groups in total. The number of hydrogen-bond donors (Lipinski definition) is 2. The molecule has 4 rings (SSSR count). The van der Waals surface area contributed by atoms with Gasteiger partial charge in [0.1, 0.15) is 0 Å². The predicted molar refractivity (Wildman–Crippen MR) is 99.4 cm³/mol. The first-order chi connectivity index (χ1) is 12.4. The Kier molecular flexibility index (Phi) is 3.86. The molecule has 2 heterocycles. The minimum atomic E-state index is -0.713. The molecule has 0 radical (unpaired) electrons. The number of benzene rings is 1. The number of allylic oxidation sites excluding steroid dienone is 2. The van der Waals surface area contributed by atoms with E-state index in [1.165, 1.54) is 11.1 Å². The Morgan fingerprint density at radius 3 is 2.85 bits per heavy atom. The first-order valence-corrected chi connectivity index (χ1v) is 9.09. The van der Waals surface area contributed by atoms with Crippen molar-refractivity contribution in [3.05, 3.63) is 46.7 Å². The highest BCUT2D eigenvalue weighted by molar-refractivity contribution is 6.24. The molecule has 6 nitrogen and oxygen atoms in total. The number of urea groups is 1. The number of rotatable bonds is 1. The molecule has 1 aliphatic carbocycles. The third-order valence-electron chi connectivity index (χ3n) is 5.59. The summed E-state index contributed by atoms with van der Waals surface area (Å²) in [5, 5.41) is 4.22. The average Bonchev–Trinajstić information content (AvgIpc) is 2.58. The first-order valence-electron chi connectivity index (χ1n) is 9.09. The van der Waals surface area contributed by atoms with E-state index in [-0.39, 0.29) is 17.2 Å². The summed E-state index contributed by atoms with van der Waals surface area (Å²) in [5.74, 6) is 0.110. The highest BCUT2D eigenvalue weighted by atomic mass is 16.2. The number of nitrogens with one attached hydrogen (secondary N) is 1. The SMILES string of the molecule is CC1(C)CC(=O)C2=C(C1)N1CCc3ccccc3C1C/C2=N\NC(N)=O. The van der Waals surface area contributed by atoms with Crippen LogP contribution in [0.5, 0.6) is 0 Å². The summed E-state index contributed by atoms with van der Waals surface area (Å²) in [6.45, 7) is 5.17. The maximum absolute atomic E-state index is 12.9. The number of primary amides is 1. The molecule has 1 atom stereocenters. The molecule has 1 aromatic rings. The molecule has 0 fully saturated rings. The number of hydrogen-bond acceptors (Lipinski definition) is 4. The van der Waals surface area contributed by atoms with Gasteiger partial charge < -0.3 is 10.6 Å². The lowest BCUT2D eigenvalue weighted by atomic mass is 9.71. The van der Waals surface area contributed by atoms with Gasteiger partial charge in [-0.1, -0.05) is 38.1 Å². The van der Waals surface area contributed by atoms with E-state index in [0.717, 1.165) is 25.1 Å². The molecule has 0 saturated heterocycles. The molecule has 2 aliphatic heterocycles. The van der Waals surface area contributed by atoms with Crippen LogP contribution < -0.4 is 11.2 Å². The molecule has 2 amide bonds. The fourth-order valence-electron chi connectivity index (χ4n) is 4.56. The third-order valence-corrected chi connectivity index (χ3v) is 5.59. The Labute approximate surface area is 153 Å². The fraction of sp³-hybridized carbons (Fsp3) is 0.450. The van der Waals surface area contributed by atoms with Gasteiger partial charge in [-0.05, 0) is 29.4 Å². The van der Waals surface area contributed by atoms with Gasteiger partial charge >= 0.3 is 6.03 Å². The lowest BCUT2D eigenvalue weighted by Gasteiger charge is -2.48. The van der Waals surface area contributed by atoms with Crippen LogP contribution in [0.1, 0.15) is 50.3 Å². The Balaban J connectivity index is 1.84. The topological polar surface area (TPSA) is 87.8 Å². The zero-order chi connectivity index (χ0) is 18.5. The summed E-state index contributed by atoms with van der Waals surface area (Å²) in [4.78, 5) is 26.5. The number of Topliss-reactive ketones (excluding diaryl/α,β-unsaturated/α-hetero) is 1. The molecule has 3 aliphatic rings. The smallest absolute Gasteiger partial charge is 0.332 e. The molecule has 136 valence electrons. The van der Waals surface area contributed by atoms with Crippen molar-refractivity contribution >= 4 is 17.5 Å². The van der Waals surface area contributed by atoms with E-state index in [2.05, 4.69) is 53.5 Å². The van der Waals surface area contributed by atoms with Crippen molar-refractivity contribution in [1.29, 1.82) is 0 Å². The number of nitrogens with zero attached hydrogens (tertiary/aromatic N) is 2. The number of carbonyl (C=O) groups excluding carboxylic acids is 2. The number of carbonyl (C=O) groups is 2. The second-order valence-electron chi connectivity index (χ2n) is 8.16. The summed E-state index contributed by atoms with van der Waals surface area (Å²) >= 11 is 0. The minimum Gasteiger partial charge on any atom is -0.366 e. The van der Waals surface area contributed by atoms with Crippen molar-refractivity contribution in [3.63, 3.8) is 0 Å². The molecular weight excluding hydrogens is 328 g/mol. The number of nitrogens with two attached hydrogens (primary N) is 1. The summed E-state index contributed by atoms with van der Waals surface area (Å²) in [7, 11) is 0. The monoisotopic (exact) mass is 352 g/mol. The standard InChI is InChI=1S/C20H24N4O2/c1-20(2)10-16-18(17(25)11-20)14(22-23-19(21)26)9-15-13-6-4-3-5-12(13)7-8-24(15)16/h3-6,15H,7-11H2,1-2H3,(H3,21,23,26)/b22-14+. The van der Waals surface area contributed by atoms with E-state index in [4.69, 9.17) is 5.73 Å². The highest BCUT2D eigenvalue weighted by Crippen LogP contribution is 2.47. The van der Waals surface area contributed by atoms with E-state index in [1.54, 1.807) is 0 Å². The molecule has 0 saturated carbocycles. The van der Waals surface area contributed by atoms with E-state index < -0.39 is 6.03 Å². The Morgan fingerprint density at radius 1 is 1.31 bits per heavy atom. The van der Waals surface area contributed by atoms with Gasteiger partial charge in [0.15, 0.2) is 5.78 Å². The number of fused-ring (bicyclic) bond motifs is 4. The number of hydrazone groups is 1. The van der Waals surface area contributed by atoms with Crippen molar-refractivity contribution in [1.82, 2.24) is 10.3 Å². The lowest BCUT2D eigenvalue weighted by molar-refractivity contribution is -0.118. The van der Waals surface area contributed by atoms with Crippen LogP contribution >= 0.6 is 0 Å². The summed E-state index contributed by atoms with van der Waals surface area (Å²) in [6.07, 6.45) is 2.91. The molecule has 1 unspecified atom stereocenters. The van der Waals surface area contributed by atoms with Gasteiger partial charge in [-0.25, -0.2) is 10.2 Å². The van der Waals surface area contributed by atoms with Crippen LogP contribution in [0.2, 0.25) is 0 Å². The van der Waals surface area contributed by atoms with Gasteiger partial charge in [0, 0.05) is 25.1 Å². The first kappa shape index (κ1) is 16.8. The van der Waals surface area contributed by atoms with Crippen molar-refractivity contribution in [2.45, 2.75) is 45.6 Å². The zero-order valence-corrected chi connectivity index (χ0v) is 15.2. The second-order valence-corrected chi connectivity index (χ2v) is 8.16. The van der Waals surface area contributed by atoms with Crippen LogP contribution in [0.3, 0.4) is 0 Å². The lowest BCUT2D eigenvalue weighted by Crippen LogP contribution is -2.46. The molecule has 6 heteroatoms. The van der Waals surface area contributed by atoms with Gasteiger partial charge in [0.2, 0.25) is 0 Å². The van der Waals surface area contributed by atoms with Gasteiger partial charge in [-0.3, -0.25) is 4.79 Å². The zero-order valence-electron chi connectivity index (χ0n) is 15.2. The summed E-state index contributed by atoms with van der Waals surface area (Å²) < 4.78 is 0. The van der Waals surface area contributed by atoms with E-state index >= 15 is 0 Å². The van der Waals surface area contributed by atoms with Gasteiger partial charge in [0.05, 0.1) is 17.3 Å². The largest absolute Gasteiger partial charge is 0.366 e. The van der Waals surface area contributed by atoms with Gasteiger partial charge in [-0.15, -0.1) is 0 Å². The highest BCUT2D eigenvalue weighted by Gasteiger charge is 2.44. The molecule has 0 spiro atoms. The average molecular weight is 352 g/mol. The van der Waals surface area contributed by atoms with Gasteiger partial charge in [0.25, 0.3) is 0 Å². The fourth-order valence-corrected chi connectivity index (χ4v) is 4.56. The third kappa shape index (κ3) is 2.79. The number of amides is 2. The minimum absolute atomic E-state index is 0.0724. The van der Waals surface area contributed by atoms with Gasteiger partial charge in [-0.2, -0.15) is 5.10 Å². The van der Waals surface area contributed by atoms with Crippen LogP contribution in [0.4, 0.5) is 4.79 Å². The summed E-state index contributed by atoms with van der Waals surface area (Å²) in [5.41, 5.74) is 12.5. The van der Waals surface area contributed by atoms with Crippen LogP contribution in [0.15, 0.2) is 40.6 Å². The maximum atomic E-state index is 12.9. The second kappa shape index (κ2) is 5.97. The van der Waals surface area contributed by atoms with Crippen LogP contribution in [-0.4, -0.2) is 29.0 Å². The van der Waals surface area contributed by atoms with Crippen molar-refractivity contribution in [2.75, 3.05) is 6.54 Å². The molecule has 1 aromatic carbocycles. The maximum Gasteiger partial charge on any atom is 0.332 e.